The minimum atomic E-state index is -0.0919. The predicted octanol–water partition coefficient (Wildman–Crippen LogP) is 3.39. The van der Waals surface area contributed by atoms with Crippen LogP contribution in [0.4, 0.5) is 0 Å². The molecule has 0 radical (unpaired) electrons. The number of likely N-dealkylation sites (N-methyl/N-ethyl adjacent to an activating group) is 1. The molecule has 4 nitrogen and oxygen atoms in total. The molecule has 116 valence electrons. The monoisotopic (exact) mass is 319 g/mol. The van der Waals surface area contributed by atoms with Crippen molar-refractivity contribution in [2.24, 2.45) is 0 Å². The Morgan fingerprint density at radius 1 is 1.05 bits per heavy atom. The first kappa shape index (κ1) is 16.2. The highest BCUT2D eigenvalue weighted by Crippen LogP contribution is 2.16. The van der Waals surface area contributed by atoms with Gasteiger partial charge in [0.15, 0.2) is 6.61 Å². The summed E-state index contributed by atoms with van der Waals surface area (Å²) in [6.07, 6.45) is 0. The molecule has 0 atom stereocenters. The van der Waals surface area contributed by atoms with Gasteiger partial charge < -0.3 is 14.4 Å². The van der Waals surface area contributed by atoms with E-state index in [-0.39, 0.29) is 12.5 Å². The minimum absolute atomic E-state index is 0.00567. The predicted molar refractivity (Wildman–Crippen MR) is 86.4 cm³/mol. The number of hydrogen-bond acceptors (Lipinski definition) is 3. The molecular weight excluding hydrogens is 302 g/mol. The fourth-order valence-corrected chi connectivity index (χ4v) is 2.01. The van der Waals surface area contributed by atoms with Crippen molar-refractivity contribution in [1.82, 2.24) is 4.90 Å². The number of rotatable bonds is 6. The molecule has 22 heavy (non-hydrogen) atoms. The van der Waals surface area contributed by atoms with Crippen LogP contribution in [0.15, 0.2) is 48.5 Å². The van der Waals surface area contributed by atoms with Gasteiger partial charge in [-0.1, -0.05) is 23.7 Å². The molecule has 5 heteroatoms. The van der Waals surface area contributed by atoms with E-state index in [1.807, 2.05) is 24.3 Å². The first-order chi connectivity index (χ1) is 10.6. The second kappa shape index (κ2) is 7.71. The van der Waals surface area contributed by atoms with Crippen LogP contribution in [-0.4, -0.2) is 31.6 Å². The largest absolute Gasteiger partial charge is 0.497 e. The first-order valence-corrected chi connectivity index (χ1v) is 7.21. The van der Waals surface area contributed by atoms with Crippen molar-refractivity contribution >= 4 is 17.5 Å². The van der Waals surface area contributed by atoms with E-state index in [0.717, 1.165) is 11.3 Å². The third kappa shape index (κ3) is 4.67. The van der Waals surface area contributed by atoms with Gasteiger partial charge in [0.2, 0.25) is 0 Å². The van der Waals surface area contributed by atoms with Crippen LogP contribution in [0.1, 0.15) is 5.56 Å². The molecule has 0 aliphatic carbocycles. The van der Waals surface area contributed by atoms with E-state index in [4.69, 9.17) is 21.1 Å². The number of ether oxygens (including phenoxy) is 2. The fraction of sp³-hybridized carbons (Fsp3) is 0.235. The van der Waals surface area contributed by atoms with E-state index in [0.29, 0.717) is 17.3 Å². The lowest BCUT2D eigenvalue weighted by molar-refractivity contribution is -0.132. The van der Waals surface area contributed by atoms with Crippen molar-refractivity contribution in [2.75, 3.05) is 20.8 Å². The number of benzene rings is 2. The maximum absolute atomic E-state index is 12.1. The van der Waals surface area contributed by atoms with Crippen molar-refractivity contribution < 1.29 is 14.3 Å². The zero-order chi connectivity index (χ0) is 15.9. The molecule has 0 saturated heterocycles. The van der Waals surface area contributed by atoms with E-state index < -0.39 is 0 Å². The lowest BCUT2D eigenvalue weighted by Crippen LogP contribution is -2.30. The Morgan fingerprint density at radius 3 is 2.23 bits per heavy atom. The van der Waals surface area contributed by atoms with Gasteiger partial charge in [-0.15, -0.1) is 0 Å². The van der Waals surface area contributed by atoms with Gasteiger partial charge in [-0.05, 0) is 42.0 Å². The standard InChI is InChI=1S/C17H18ClNO3/c1-19(11-13-3-7-15(21-2)8-4-13)17(20)12-22-16-9-5-14(18)6-10-16/h3-10H,11-12H2,1-2H3. The molecule has 0 fully saturated rings. The van der Waals surface area contributed by atoms with Crippen LogP contribution in [0.2, 0.25) is 5.02 Å². The Balaban J connectivity index is 1.84. The summed E-state index contributed by atoms with van der Waals surface area (Å²) in [5.74, 6) is 1.32. The van der Waals surface area contributed by atoms with Gasteiger partial charge in [-0.2, -0.15) is 0 Å². The van der Waals surface area contributed by atoms with Gasteiger partial charge in [0.1, 0.15) is 11.5 Å². The maximum atomic E-state index is 12.1. The summed E-state index contributed by atoms with van der Waals surface area (Å²) in [6.45, 7) is 0.515. The van der Waals surface area contributed by atoms with Crippen LogP contribution in [0.25, 0.3) is 0 Å². The molecule has 1 amide bonds. The summed E-state index contributed by atoms with van der Waals surface area (Å²) in [5.41, 5.74) is 1.03. The van der Waals surface area contributed by atoms with E-state index >= 15 is 0 Å². The van der Waals surface area contributed by atoms with Gasteiger partial charge in [0, 0.05) is 18.6 Å². The molecule has 0 aliphatic rings. The molecule has 0 bridgehead atoms. The van der Waals surface area contributed by atoms with Crippen LogP contribution in [0.5, 0.6) is 11.5 Å². The van der Waals surface area contributed by atoms with Crippen LogP contribution < -0.4 is 9.47 Å². The van der Waals surface area contributed by atoms with Crippen molar-refractivity contribution in [3.8, 4) is 11.5 Å². The van der Waals surface area contributed by atoms with Gasteiger partial charge in [0.25, 0.3) is 5.91 Å². The van der Waals surface area contributed by atoms with Crippen LogP contribution in [0.3, 0.4) is 0 Å². The first-order valence-electron chi connectivity index (χ1n) is 6.84. The lowest BCUT2D eigenvalue weighted by Gasteiger charge is -2.17. The Hall–Kier alpha value is -2.20. The fourth-order valence-electron chi connectivity index (χ4n) is 1.88. The van der Waals surface area contributed by atoms with Crippen molar-refractivity contribution in [1.29, 1.82) is 0 Å². The number of carbonyl (C=O) groups excluding carboxylic acids is 1. The lowest BCUT2D eigenvalue weighted by atomic mass is 10.2. The highest BCUT2D eigenvalue weighted by molar-refractivity contribution is 6.30. The number of nitrogens with zero attached hydrogens (tertiary/aromatic N) is 1. The van der Waals surface area contributed by atoms with E-state index in [2.05, 4.69) is 0 Å². The maximum Gasteiger partial charge on any atom is 0.260 e. The van der Waals surface area contributed by atoms with Gasteiger partial charge in [-0.25, -0.2) is 0 Å². The van der Waals surface area contributed by atoms with E-state index in [9.17, 15) is 4.79 Å². The van der Waals surface area contributed by atoms with Crippen molar-refractivity contribution in [3.05, 3.63) is 59.1 Å². The molecule has 0 heterocycles. The molecule has 0 spiro atoms. The highest BCUT2D eigenvalue weighted by Gasteiger charge is 2.10. The topological polar surface area (TPSA) is 38.8 Å². The van der Waals surface area contributed by atoms with Crippen molar-refractivity contribution in [3.63, 3.8) is 0 Å². The third-order valence-electron chi connectivity index (χ3n) is 3.18. The van der Waals surface area contributed by atoms with Crippen LogP contribution >= 0.6 is 11.6 Å². The Morgan fingerprint density at radius 2 is 1.64 bits per heavy atom. The number of halogens is 1. The Kier molecular flexibility index (Phi) is 5.67. The Bertz CT molecular complexity index is 611. The Labute approximate surface area is 135 Å². The van der Waals surface area contributed by atoms with Crippen LogP contribution in [-0.2, 0) is 11.3 Å². The minimum Gasteiger partial charge on any atom is -0.497 e. The molecule has 2 aromatic rings. The average molecular weight is 320 g/mol. The molecule has 0 aromatic heterocycles. The molecule has 0 aliphatic heterocycles. The van der Waals surface area contributed by atoms with Gasteiger partial charge in [-0.3, -0.25) is 4.79 Å². The second-order valence-corrected chi connectivity index (χ2v) is 5.28. The number of carbonyl (C=O) groups is 1. The smallest absolute Gasteiger partial charge is 0.260 e. The summed E-state index contributed by atoms with van der Waals surface area (Å²) in [6, 6.07) is 14.5. The molecular formula is C17H18ClNO3. The number of methoxy groups -OCH3 is 1. The summed E-state index contributed by atoms with van der Waals surface area (Å²) in [4.78, 5) is 13.7. The SMILES string of the molecule is COc1ccc(CN(C)C(=O)COc2ccc(Cl)cc2)cc1. The summed E-state index contributed by atoms with van der Waals surface area (Å²) in [5, 5.41) is 0.635. The third-order valence-corrected chi connectivity index (χ3v) is 3.43. The summed E-state index contributed by atoms with van der Waals surface area (Å²) >= 11 is 5.80. The quantitative estimate of drug-likeness (QED) is 0.819. The zero-order valence-electron chi connectivity index (χ0n) is 12.6. The summed E-state index contributed by atoms with van der Waals surface area (Å²) in [7, 11) is 3.37. The average Bonchev–Trinajstić information content (AvgIpc) is 2.54. The number of amides is 1. The normalized spacial score (nSPS) is 10.1. The molecule has 0 N–H and O–H groups in total. The highest BCUT2D eigenvalue weighted by atomic mass is 35.5. The molecule has 0 unspecified atom stereocenters. The second-order valence-electron chi connectivity index (χ2n) is 4.84. The summed E-state index contributed by atoms with van der Waals surface area (Å²) < 4.78 is 10.6. The molecule has 2 aromatic carbocycles. The van der Waals surface area contributed by atoms with Gasteiger partial charge >= 0.3 is 0 Å². The molecule has 0 saturated carbocycles. The van der Waals surface area contributed by atoms with E-state index in [1.54, 1.807) is 43.3 Å². The van der Waals surface area contributed by atoms with Crippen molar-refractivity contribution in [2.45, 2.75) is 6.54 Å². The van der Waals surface area contributed by atoms with Gasteiger partial charge in [0.05, 0.1) is 7.11 Å². The van der Waals surface area contributed by atoms with Crippen LogP contribution in [0, 0.1) is 0 Å². The number of hydrogen-bond donors (Lipinski definition) is 0. The molecule has 2 rings (SSSR count). The zero-order valence-corrected chi connectivity index (χ0v) is 13.3. The van der Waals surface area contributed by atoms with E-state index in [1.165, 1.54) is 0 Å².